The van der Waals surface area contributed by atoms with Gasteiger partial charge in [-0.05, 0) is 104 Å². The molecule has 1 nitrogen and oxygen atoms in total. The van der Waals surface area contributed by atoms with E-state index in [1.165, 1.54) is 64.0 Å². The minimum atomic E-state index is 1.13. The molecule has 0 atom stereocenters. The Morgan fingerprint density at radius 1 is 0.348 bits per heavy atom. The minimum absolute atomic E-state index is 1.13. The third-order valence-electron chi connectivity index (χ3n) is 9.02. The van der Waals surface area contributed by atoms with E-state index in [9.17, 15) is 0 Å². The predicted octanol–water partition coefficient (Wildman–Crippen LogP) is 13.2. The topological polar surface area (TPSA) is 3.24 Å². The molecule has 0 aliphatic carbocycles. The number of para-hydroxylation sites is 1. The van der Waals surface area contributed by atoms with Crippen molar-refractivity contribution in [3.63, 3.8) is 0 Å². The third kappa shape index (κ3) is 4.63. The molecule has 0 radical (unpaired) electrons. The molecular weight excluding hydrogens is 575 g/mol. The number of benzene rings is 8. The predicted molar refractivity (Wildman–Crippen MR) is 200 cm³/mol. The molecule has 0 unspecified atom stereocenters. The maximum absolute atomic E-state index is 2.38. The van der Waals surface area contributed by atoms with E-state index in [1.54, 1.807) is 0 Å². The van der Waals surface area contributed by atoms with E-state index in [4.69, 9.17) is 0 Å². The van der Waals surface area contributed by atoms with Crippen LogP contribution < -0.4 is 4.90 Å². The fourth-order valence-electron chi connectivity index (χ4n) is 6.75. The van der Waals surface area contributed by atoms with Gasteiger partial charge in [0.1, 0.15) is 0 Å². The van der Waals surface area contributed by atoms with Crippen LogP contribution in [0.2, 0.25) is 0 Å². The SMILES string of the molecule is c1ccc(N(c2ccc(-c3ccc4ccccc4c3)cc2)c2ccc3sc4cccc(-c5ccc6ccccc6c5)c4c3c2)cc1. The Morgan fingerprint density at radius 2 is 0.935 bits per heavy atom. The molecule has 9 rings (SSSR count). The Hall–Kier alpha value is -5.70. The van der Waals surface area contributed by atoms with Crippen LogP contribution in [0.25, 0.3) is 64.0 Å². The Bertz CT molecular complexity index is 2530. The highest BCUT2D eigenvalue weighted by Gasteiger charge is 2.17. The number of rotatable bonds is 5. The molecule has 0 aliphatic rings. The van der Waals surface area contributed by atoms with Crippen LogP contribution in [0, 0.1) is 0 Å². The largest absolute Gasteiger partial charge is 0.310 e. The fourth-order valence-corrected chi connectivity index (χ4v) is 7.86. The molecule has 0 spiro atoms. The first kappa shape index (κ1) is 26.7. The van der Waals surface area contributed by atoms with E-state index >= 15 is 0 Å². The van der Waals surface area contributed by atoms with E-state index in [2.05, 4.69) is 181 Å². The summed E-state index contributed by atoms with van der Waals surface area (Å²) in [6.45, 7) is 0. The van der Waals surface area contributed by atoms with Gasteiger partial charge in [0, 0.05) is 37.2 Å². The Labute approximate surface area is 272 Å². The smallest absolute Gasteiger partial charge is 0.0468 e. The summed E-state index contributed by atoms with van der Waals surface area (Å²) in [4.78, 5) is 2.37. The molecule has 0 bridgehead atoms. The van der Waals surface area contributed by atoms with Gasteiger partial charge in [-0.3, -0.25) is 0 Å². The first-order valence-corrected chi connectivity index (χ1v) is 16.5. The second-order valence-electron chi connectivity index (χ2n) is 11.8. The van der Waals surface area contributed by atoms with Crippen molar-refractivity contribution in [2.75, 3.05) is 4.90 Å². The lowest BCUT2D eigenvalue weighted by Crippen LogP contribution is -2.09. The van der Waals surface area contributed by atoms with Crippen LogP contribution in [0.3, 0.4) is 0 Å². The maximum Gasteiger partial charge on any atom is 0.0468 e. The quantitative estimate of drug-likeness (QED) is 0.189. The number of nitrogens with zero attached hydrogens (tertiary/aromatic N) is 1. The zero-order valence-electron chi connectivity index (χ0n) is 25.1. The van der Waals surface area contributed by atoms with E-state index in [-0.39, 0.29) is 0 Å². The van der Waals surface area contributed by atoms with Crippen LogP contribution in [0.4, 0.5) is 17.1 Å². The highest BCUT2D eigenvalue weighted by atomic mass is 32.1. The van der Waals surface area contributed by atoms with Crippen molar-refractivity contribution in [1.29, 1.82) is 0 Å². The number of hydrogen-bond acceptors (Lipinski definition) is 2. The van der Waals surface area contributed by atoms with Gasteiger partial charge < -0.3 is 4.90 Å². The number of thiophene rings is 1. The zero-order chi connectivity index (χ0) is 30.5. The fraction of sp³-hybridized carbons (Fsp3) is 0. The number of fused-ring (bicyclic) bond motifs is 5. The van der Waals surface area contributed by atoms with Gasteiger partial charge in [-0.15, -0.1) is 11.3 Å². The van der Waals surface area contributed by atoms with Gasteiger partial charge >= 0.3 is 0 Å². The third-order valence-corrected chi connectivity index (χ3v) is 10.2. The van der Waals surface area contributed by atoms with Gasteiger partial charge in [-0.2, -0.15) is 0 Å². The van der Waals surface area contributed by atoms with E-state index < -0.39 is 0 Å². The van der Waals surface area contributed by atoms with Crippen molar-refractivity contribution >= 4 is 70.1 Å². The summed E-state index contributed by atoms with van der Waals surface area (Å²) in [5.74, 6) is 0. The second-order valence-corrected chi connectivity index (χ2v) is 12.9. The second kappa shape index (κ2) is 11.0. The molecule has 0 amide bonds. The molecule has 9 aromatic rings. The monoisotopic (exact) mass is 603 g/mol. The Balaban J connectivity index is 1.17. The molecule has 46 heavy (non-hydrogen) atoms. The van der Waals surface area contributed by atoms with Crippen molar-refractivity contribution < 1.29 is 0 Å². The van der Waals surface area contributed by atoms with Crippen LogP contribution in [-0.4, -0.2) is 0 Å². The van der Waals surface area contributed by atoms with Crippen LogP contribution in [0.1, 0.15) is 0 Å². The first-order chi connectivity index (χ1) is 22.8. The molecule has 0 saturated carbocycles. The van der Waals surface area contributed by atoms with Gasteiger partial charge in [0.15, 0.2) is 0 Å². The highest BCUT2D eigenvalue weighted by molar-refractivity contribution is 7.26. The summed E-state index contributed by atoms with van der Waals surface area (Å²) in [5.41, 5.74) is 8.37. The van der Waals surface area contributed by atoms with Crippen molar-refractivity contribution in [3.8, 4) is 22.3 Å². The Morgan fingerprint density at radius 3 is 1.67 bits per heavy atom. The normalized spacial score (nSPS) is 11.5. The standard InChI is InChI=1S/C44H29NS/c1-2-13-37(14-3-1)45(38-23-21-32(22-24-38)35-19-17-30-9-4-6-11-33(30)27-35)39-25-26-42-41(29-39)44-40(15-8-16-43(44)46-42)36-20-18-31-10-5-7-12-34(31)28-36/h1-29H. The van der Waals surface area contributed by atoms with Crippen LogP contribution in [-0.2, 0) is 0 Å². The molecule has 2 heteroatoms. The van der Waals surface area contributed by atoms with Gasteiger partial charge in [0.05, 0.1) is 0 Å². The number of anilines is 3. The molecule has 0 saturated heterocycles. The van der Waals surface area contributed by atoms with E-state index in [0.717, 1.165) is 17.1 Å². The van der Waals surface area contributed by atoms with Crippen LogP contribution in [0.15, 0.2) is 176 Å². The molecule has 0 N–H and O–H groups in total. The molecule has 0 fully saturated rings. The van der Waals surface area contributed by atoms with Gasteiger partial charge in [-0.25, -0.2) is 0 Å². The van der Waals surface area contributed by atoms with Crippen molar-refractivity contribution in [1.82, 2.24) is 0 Å². The summed E-state index contributed by atoms with van der Waals surface area (Å²) in [6, 6.07) is 64.0. The first-order valence-electron chi connectivity index (χ1n) is 15.7. The molecule has 0 aliphatic heterocycles. The van der Waals surface area contributed by atoms with Gasteiger partial charge in [0.25, 0.3) is 0 Å². The molecule has 216 valence electrons. The van der Waals surface area contributed by atoms with Crippen molar-refractivity contribution in [2.24, 2.45) is 0 Å². The van der Waals surface area contributed by atoms with E-state index in [0.29, 0.717) is 0 Å². The minimum Gasteiger partial charge on any atom is -0.310 e. The van der Waals surface area contributed by atoms with Crippen molar-refractivity contribution in [2.45, 2.75) is 0 Å². The lowest BCUT2D eigenvalue weighted by atomic mass is 9.97. The summed E-state index contributed by atoms with van der Waals surface area (Å²) in [5, 5.41) is 7.66. The van der Waals surface area contributed by atoms with Gasteiger partial charge in [0.2, 0.25) is 0 Å². The number of hydrogen-bond donors (Lipinski definition) is 0. The van der Waals surface area contributed by atoms with Crippen LogP contribution in [0.5, 0.6) is 0 Å². The van der Waals surface area contributed by atoms with Crippen LogP contribution >= 0.6 is 11.3 Å². The maximum atomic E-state index is 2.38. The van der Waals surface area contributed by atoms with Gasteiger partial charge in [-0.1, -0.05) is 115 Å². The molecular formula is C44H29NS. The van der Waals surface area contributed by atoms with E-state index in [1.807, 2.05) is 11.3 Å². The zero-order valence-corrected chi connectivity index (χ0v) is 25.9. The van der Waals surface area contributed by atoms with Crippen molar-refractivity contribution in [3.05, 3.63) is 176 Å². The lowest BCUT2D eigenvalue weighted by molar-refractivity contribution is 1.29. The average molecular weight is 604 g/mol. The molecule has 1 heterocycles. The summed E-state index contributed by atoms with van der Waals surface area (Å²) in [6.07, 6.45) is 0. The summed E-state index contributed by atoms with van der Waals surface area (Å²) in [7, 11) is 0. The molecule has 8 aromatic carbocycles. The average Bonchev–Trinajstić information content (AvgIpc) is 3.50. The highest BCUT2D eigenvalue weighted by Crippen LogP contribution is 2.44. The Kier molecular flexibility index (Phi) is 6.40. The summed E-state index contributed by atoms with van der Waals surface area (Å²) >= 11 is 1.87. The lowest BCUT2D eigenvalue weighted by Gasteiger charge is -2.26. The molecule has 1 aromatic heterocycles. The summed E-state index contributed by atoms with van der Waals surface area (Å²) < 4.78 is 2.61.